The van der Waals surface area contributed by atoms with Gasteiger partial charge in [-0.3, -0.25) is 14.5 Å². The van der Waals surface area contributed by atoms with E-state index in [0.717, 1.165) is 16.0 Å². The molecule has 4 rings (SSSR count). The van der Waals surface area contributed by atoms with Gasteiger partial charge in [-0.1, -0.05) is 60.7 Å². The van der Waals surface area contributed by atoms with Crippen LogP contribution in [-0.4, -0.2) is 35.9 Å². The van der Waals surface area contributed by atoms with E-state index in [2.05, 4.69) is 15.4 Å². The van der Waals surface area contributed by atoms with Crippen LogP contribution in [0.5, 0.6) is 5.75 Å². The smallest absolute Gasteiger partial charge is 0.387 e. The summed E-state index contributed by atoms with van der Waals surface area (Å²) in [4.78, 5) is 39.2. The number of hydrogen-bond donors (Lipinski definition) is 2. The van der Waals surface area contributed by atoms with Crippen molar-refractivity contribution >= 4 is 23.5 Å². The largest absolute Gasteiger partial charge is 0.435 e. The van der Waals surface area contributed by atoms with E-state index in [1.807, 2.05) is 42.5 Å². The molecule has 0 aliphatic carbocycles. The van der Waals surface area contributed by atoms with Gasteiger partial charge in [-0.15, -0.1) is 0 Å². The van der Waals surface area contributed by atoms with Crippen LogP contribution in [0.1, 0.15) is 12.5 Å². The van der Waals surface area contributed by atoms with Gasteiger partial charge < -0.3 is 15.4 Å². The number of nitrogens with zero attached hydrogens (tertiary/aromatic N) is 1. The minimum absolute atomic E-state index is 0.0764. The third-order valence-corrected chi connectivity index (χ3v) is 5.52. The van der Waals surface area contributed by atoms with Crippen molar-refractivity contribution in [1.82, 2.24) is 10.2 Å². The number of alkyl halides is 2. The second-order valence-corrected chi connectivity index (χ2v) is 7.81. The molecule has 1 fully saturated rings. The lowest BCUT2D eigenvalue weighted by Crippen LogP contribution is -2.42. The molecule has 7 nitrogen and oxygen atoms in total. The van der Waals surface area contributed by atoms with Gasteiger partial charge in [0.05, 0.1) is 0 Å². The SMILES string of the molecule is C[C@]1(c2ccc(OC(F)F)cc2)NC(=O)N(CC(=O)Nc2ccccc2-c2ccccc2)C1=O. The molecule has 174 valence electrons. The van der Waals surface area contributed by atoms with Crippen molar-refractivity contribution < 1.29 is 27.9 Å². The van der Waals surface area contributed by atoms with Crippen LogP contribution >= 0.6 is 0 Å². The molecule has 34 heavy (non-hydrogen) atoms. The van der Waals surface area contributed by atoms with E-state index < -0.39 is 36.5 Å². The van der Waals surface area contributed by atoms with Gasteiger partial charge in [0, 0.05) is 11.3 Å². The minimum Gasteiger partial charge on any atom is -0.435 e. The predicted octanol–water partition coefficient (Wildman–Crippen LogP) is 4.36. The number of carbonyl (C=O) groups is 3. The first kappa shape index (κ1) is 22.9. The van der Waals surface area contributed by atoms with E-state index in [9.17, 15) is 23.2 Å². The first-order chi connectivity index (χ1) is 16.3. The molecule has 0 radical (unpaired) electrons. The quantitative estimate of drug-likeness (QED) is 0.508. The van der Waals surface area contributed by atoms with Crippen LogP contribution in [0.4, 0.5) is 19.3 Å². The first-order valence-corrected chi connectivity index (χ1v) is 10.4. The highest BCUT2D eigenvalue weighted by molar-refractivity contribution is 6.10. The lowest BCUT2D eigenvalue weighted by atomic mass is 9.92. The molecule has 1 heterocycles. The van der Waals surface area contributed by atoms with Gasteiger partial charge in [0.2, 0.25) is 5.91 Å². The molecule has 0 unspecified atom stereocenters. The van der Waals surface area contributed by atoms with Crippen LogP contribution in [0.3, 0.4) is 0 Å². The van der Waals surface area contributed by atoms with Gasteiger partial charge in [0.1, 0.15) is 17.8 Å². The van der Waals surface area contributed by atoms with Gasteiger partial charge >= 0.3 is 12.6 Å². The zero-order valence-electron chi connectivity index (χ0n) is 18.1. The standard InChI is InChI=1S/C25H21F2N3O4/c1-25(17-11-13-18(14-12-17)34-23(26)27)22(32)30(24(33)29-25)15-21(31)28-20-10-6-5-9-19(20)16-7-3-2-4-8-16/h2-14,23H,15H2,1H3,(H,28,31)(H,29,33)/t25-/m1/s1. The van der Waals surface area contributed by atoms with E-state index in [-0.39, 0.29) is 5.75 Å². The lowest BCUT2D eigenvalue weighted by molar-refractivity contribution is -0.133. The van der Waals surface area contributed by atoms with Crippen molar-refractivity contribution in [2.75, 3.05) is 11.9 Å². The zero-order chi connectivity index (χ0) is 24.3. The Morgan fingerprint density at radius 1 is 1.00 bits per heavy atom. The highest BCUT2D eigenvalue weighted by atomic mass is 19.3. The fraction of sp³-hybridized carbons (Fsp3) is 0.160. The summed E-state index contributed by atoms with van der Waals surface area (Å²) >= 11 is 0. The summed E-state index contributed by atoms with van der Waals surface area (Å²) in [5, 5.41) is 5.35. The fourth-order valence-electron chi connectivity index (χ4n) is 3.80. The fourth-order valence-corrected chi connectivity index (χ4v) is 3.80. The second-order valence-electron chi connectivity index (χ2n) is 7.81. The normalized spacial score (nSPS) is 17.6. The third-order valence-electron chi connectivity index (χ3n) is 5.52. The molecule has 1 aliphatic heterocycles. The van der Waals surface area contributed by atoms with Crippen molar-refractivity contribution in [3.63, 3.8) is 0 Å². The molecular formula is C25H21F2N3O4. The van der Waals surface area contributed by atoms with Gasteiger partial charge in [0.15, 0.2) is 0 Å². The van der Waals surface area contributed by atoms with E-state index in [1.54, 1.807) is 12.1 Å². The molecule has 3 aromatic rings. The highest BCUT2D eigenvalue weighted by Gasteiger charge is 2.49. The number of carbonyl (C=O) groups excluding carboxylic acids is 3. The number of ether oxygens (including phenoxy) is 1. The molecule has 1 saturated heterocycles. The maximum Gasteiger partial charge on any atom is 0.387 e. The van der Waals surface area contributed by atoms with Gasteiger partial charge in [-0.2, -0.15) is 8.78 Å². The van der Waals surface area contributed by atoms with Gasteiger partial charge in [-0.25, -0.2) is 4.79 Å². The third kappa shape index (κ3) is 4.59. The number of nitrogens with one attached hydrogen (secondary N) is 2. The summed E-state index contributed by atoms with van der Waals surface area (Å²) in [5.74, 6) is -1.25. The Bertz CT molecular complexity index is 1220. The summed E-state index contributed by atoms with van der Waals surface area (Å²) in [6.45, 7) is -1.98. The van der Waals surface area contributed by atoms with Gasteiger partial charge in [0.25, 0.3) is 5.91 Å². The molecule has 0 saturated carbocycles. The molecule has 0 bridgehead atoms. The molecule has 4 amide bonds. The summed E-state index contributed by atoms with van der Waals surface area (Å²) in [6, 6.07) is 21.3. The van der Waals surface area contributed by atoms with Crippen molar-refractivity contribution in [2.45, 2.75) is 19.1 Å². The van der Waals surface area contributed by atoms with Crippen molar-refractivity contribution in [1.29, 1.82) is 0 Å². The maximum atomic E-state index is 13.1. The minimum atomic E-state index is -2.98. The van der Waals surface area contributed by atoms with Crippen LogP contribution in [0.15, 0.2) is 78.9 Å². The Morgan fingerprint density at radius 3 is 2.32 bits per heavy atom. The van der Waals surface area contributed by atoms with Crippen LogP contribution in [0.2, 0.25) is 0 Å². The number of halogens is 2. The number of amides is 4. The molecular weight excluding hydrogens is 444 g/mol. The van der Waals surface area contributed by atoms with Crippen molar-refractivity contribution in [3.05, 3.63) is 84.4 Å². The van der Waals surface area contributed by atoms with Crippen LogP contribution < -0.4 is 15.4 Å². The Morgan fingerprint density at radius 2 is 1.65 bits per heavy atom. The molecule has 9 heteroatoms. The Balaban J connectivity index is 1.48. The number of anilines is 1. The monoisotopic (exact) mass is 465 g/mol. The maximum absolute atomic E-state index is 13.1. The van der Waals surface area contributed by atoms with Crippen LogP contribution in [-0.2, 0) is 15.1 Å². The average Bonchev–Trinajstić information content (AvgIpc) is 3.04. The van der Waals surface area contributed by atoms with Crippen molar-refractivity contribution in [3.8, 4) is 16.9 Å². The molecule has 3 aromatic carbocycles. The van der Waals surface area contributed by atoms with E-state index >= 15 is 0 Å². The zero-order valence-corrected chi connectivity index (χ0v) is 18.1. The number of urea groups is 1. The number of imide groups is 1. The Labute approximate surface area is 194 Å². The number of benzene rings is 3. The summed E-state index contributed by atoms with van der Waals surface area (Å²) in [6.07, 6.45) is 0. The number of para-hydroxylation sites is 1. The van der Waals surface area contributed by atoms with E-state index in [0.29, 0.717) is 11.3 Å². The predicted molar refractivity (Wildman–Crippen MR) is 121 cm³/mol. The van der Waals surface area contributed by atoms with E-state index in [1.165, 1.54) is 31.2 Å². The summed E-state index contributed by atoms with van der Waals surface area (Å²) in [7, 11) is 0. The molecule has 0 aromatic heterocycles. The van der Waals surface area contributed by atoms with E-state index in [4.69, 9.17) is 0 Å². The Kier molecular flexibility index (Phi) is 6.27. The van der Waals surface area contributed by atoms with Gasteiger partial charge in [-0.05, 0) is 36.2 Å². The highest BCUT2D eigenvalue weighted by Crippen LogP contribution is 2.31. The van der Waals surface area contributed by atoms with Crippen LogP contribution in [0.25, 0.3) is 11.1 Å². The average molecular weight is 465 g/mol. The topological polar surface area (TPSA) is 87.7 Å². The second kappa shape index (κ2) is 9.30. The van der Waals surface area contributed by atoms with Crippen LogP contribution in [0, 0.1) is 0 Å². The number of rotatable bonds is 7. The summed E-state index contributed by atoms with van der Waals surface area (Å²) < 4.78 is 29.1. The first-order valence-electron chi connectivity index (χ1n) is 10.4. The molecule has 0 spiro atoms. The summed E-state index contributed by atoms with van der Waals surface area (Å²) in [5.41, 5.74) is 1.15. The van der Waals surface area contributed by atoms with Crippen molar-refractivity contribution in [2.24, 2.45) is 0 Å². The Hall–Kier alpha value is -4.27. The lowest BCUT2D eigenvalue weighted by Gasteiger charge is -2.22. The molecule has 1 aliphatic rings. The molecule has 1 atom stereocenters. The molecule has 2 N–H and O–H groups in total. The number of hydrogen-bond acceptors (Lipinski definition) is 4.